The van der Waals surface area contributed by atoms with Crippen LogP contribution in [0, 0.1) is 5.92 Å². The first kappa shape index (κ1) is 22.9. The van der Waals surface area contributed by atoms with E-state index < -0.39 is 10.0 Å². The Morgan fingerprint density at radius 2 is 1.93 bits per heavy atom. The van der Waals surface area contributed by atoms with Gasteiger partial charge in [-0.15, -0.1) is 0 Å². The van der Waals surface area contributed by atoms with Crippen molar-refractivity contribution in [3.05, 3.63) is 64.1 Å². The lowest BCUT2D eigenvalue weighted by atomic mass is 9.99. The molecule has 0 saturated carbocycles. The molecule has 3 rings (SSSR count). The van der Waals surface area contributed by atoms with E-state index in [4.69, 9.17) is 27.9 Å². The highest BCUT2D eigenvalue weighted by atomic mass is 35.5. The maximum atomic E-state index is 12.9. The van der Waals surface area contributed by atoms with Gasteiger partial charge in [0.2, 0.25) is 15.9 Å². The lowest BCUT2D eigenvalue weighted by Crippen LogP contribution is -2.46. The monoisotopic (exact) mass is 470 g/mol. The van der Waals surface area contributed by atoms with Gasteiger partial charge >= 0.3 is 0 Å². The van der Waals surface area contributed by atoms with E-state index in [0.29, 0.717) is 48.1 Å². The number of nitrogens with zero attached hydrogens (tertiary/aromatic N) is 1. The molecule has 30 heavy (non-hydrogen) atoms. The van der Waals surface area contributed by atoms with Crippen LogP contribution in [0.4, 0.5) is 0 Å². The molecule has 2 aromatic carbocycles. The zero-order valence-corrected chi connectivity index (χ0v) is 18.7. The number of amides is 1. The Morgan fingerprint density at radius 1 is 1.17 bits per heavy atom. The molecule has 2 aromatic rings. The zero-order chi connectivity index (χ0) is 21.6. The van der Waals surface area contributed by atoms with Crippen molar-refractivity contribution in [2.45, 2.75) is 18.6 Å². The molecule has 0 spiro atoms. The molecule has 0 aromatic heterocycles. The second-order valence-electron chi connectivity index (χ2n) is 7.14. The largest absolute Gasteiger partial charge is 0.492 e. The minimum atomic E-state index is -3.60. The van der Waals surface area contributed by atoms with E-state index >= 15 is 0 Å². The van der Waals surface area contributed by atoms with Crippen LogP contribution in [0.5, 0.6) is 5.75 Å². The molecule has 1 aliphatic rings. The molecule has 1 N–H and O–H groups in total. The average molecular weight is 471 g/mol. The molecule has 162 valence electrons. The number of para-hydroxylation sites is 1. The summed E-state index contributed by atoms with van der Waals surface area (Å²) in [4.78, 5) is 12.5. The Hall–Kier alpha value is -1.80. The number of ether oxygens (including phenoxy) is 1. The first-order valence-electron chi connectivity index (χ1n) is 9.72. The van der Waals surface area contributed by atoms with Crippen LogP contribution < -0.4 is 10.1 Å². The van der Waals surface area contributed by atoms with E-state index in [9.17, 15) is 13.2 Å². The molecule has 1 saturated heterocycles. The maximum absolute atomic E-state index is 12.9. The Balaban J connectivity index is 1.51. The average Bonchev–Trinajstić information content (AvgIpc) is 2.74. The number of sulfonamides is 1. The van der Waals surface area contributed by atoms with Gasteiger partial charge in [-0.05, 0) is 42.7 Å². The highest BCUT2D eigenvalue weighted by Crippen LogP contribution is 2.26. The molecular formula is C21H24Cl2N2O4S. The Kier molecular flexibility index (Phi) is 7.99. The number of carbonyl (C=O) groups is 1. The van der Waals surface area contributed by atoms with Crippen LogP contribution in [0.3, 0.4) is 0 Å². The van der Waals surface area contributed by atoms with Gasteiger partial charge in [0.15, 0.2) is 0 Å². The summed E-state index contributed by atoms with van der Waals surface area (Å²) in [5, 5.41) is 3.61. The van der Waals surface area contributed by atoms with E-state index in [1.54, 1.807) is 12.1 Å². The summed E-state index contributed by atoms with van der Waals surface area (Å²) in [6.07, 6.45) is 1.28. The van der Waals surface area contributed by atoms with Gasteiger partial charge < -0.3 is 10.1 Å². The van der Waals surface area contributed by atoms with Gasteiger partial charge in [0.1, 0.15) is 12.4 Å². The van der Waals surface area contributed by atoms with Crippen LogP contribution in [0.15, 0.2) is 48.5 Å². The minimum Gasteiger partial charge on any atom is -0.492 e. The first-order valence-corrected chi connectivity index (χ1v) is 12.1. The summed E-state index contributed by atoms with van der Waals surface area (Å²) in [6.45, 7) is 1.27. The fourth-order valence-corrected chi connectivity index (χ4v) is 5.54. The second-order valence-corrected chi connectivity index (χ2v) is 9.95. The third kappa shape index (κ3) is 6.35. The van der Waals surface area contributed by atoms with Gasteiger partial charge in [0.05, 0.1) is 18.2 Å². The first-order chi connectivity index (χ1) is 14.3. The number of benzene rings is 2. The molecule has 0 aliphatic carbocycles. The lowest BCUT2D eigenvalue weighted by Gasteiger charge is -2.31. The van der Waals surface area contributed by atoms with Crippen LogP contribution >= 0.6 is 23.2 Å². The molecule has 6 nitrogen and oxygen atoms in total. The van der Waals surface area contributed by atoms with Gasteiger partial charge in [0, 0.05) is 23.1 Å². The topological polar surface area (TPSA) is 75.7 Å². The van der Waals surface area contributed by atoms with Crippen LogP contribution in [0.2, 0.25) is 10.0 Å². The molecule has 9 heteroatoms. The van der Waals surface area contributed by atoms with Crippen molar-refractivity contribution in [2.24, 2.45) is 5.92 Å². The molecule has 0 bridgehead atoms. The van der Waals surface area contributed by atoms with Crippen molar-refractivity contribution in [2.75, 3.05) is 26.2 Å². The van der Waals surface area contributed by atoms with Crippen molar-refractivity contribution in [1.29, 1.82) is 0 Å². The number of nitrogens with one attached hydrogen (secondary N) is 1. The molecule has 1 aliphatic heterocycles. The zero-order valence-electron chi connectivity index (χ0n) is 16.4. The number of rotatable bonds is 8. The number of hydrogen-bond donors (Lipinski definition) is 1. The van der Waals surface area contributed by atoms with Crippen LogP contribution in [-0.4, -0.2) is 44.9 Å². The van der Waals surface area contributed by atoms with E-state index in [0.717, 1.165) is 5.75 Å². The van der Waals surface area contributed by atoms with Crippen molar-refractivity contribution < 1.29 is 17.9 Å². The highest BCUT2D eigenvalue weighted by Gasteiger charge is 2.32. The van der Waals surface area contributed by atoms with Crippen LogP contribution in [0.1, 0.15) is 18.4 Å². The second kappa shape index (κ2) is 10.5. The van der Waals surface area contributed by atoms with Crippen LogP contribution in [-0.2, 0) is 20.6 Å². The van der Waals surface area contributed by atoms with Crippen molar-refractivity contribution in [1.82, 2.24) is 9.62 Å². The quantitative estimate of drug-likeness (QED) is 0.596. The normalized spacial score (nSPS) is 17.5. The van der Waals surface area contributed by atoms with E-state index in [1.807, 2.05) is 30.3 Å². The standard InChI is InChI=1S/C21H24Cl2N2O4S/c22-18-9-8-17(20(23)13-18)15-30(27,28)25-11-4-5-16(14-25)21(26)24-10-12-29-19-6-2-1-3-7-19/h1-3,6-9,13,16H,4-5,10-12,14-15H2,(H,24,26)/t16-/m0/s1. The molecule has 1 atom stereocenters. The summed E-state index contributed by atoms with van der Waals surface area (Å²) in [5.74, 6) is -0.0213. The minimum absolute atomic E-state index is 0.156. The molecular weight excluding hydrogens is 447 g/mol. The Labute approximate surface area is 187 Å². The number of carbonyl (C=O) groups excluding carboxylic acids is 1. The van der Waals surface area contributed by atoms with Gasteiger partial charge in [-0.3, -0.25) is 4.79 Å². The van der Waals surface area contributed by atoms with E-state index in [-0.39, 0.29) is 24.1 Å². The predicted molar refractivity (Wildman–Crippen MR) is 118 cm³/mol. The number of piperidine rings is 1. The van der Waals surface area contributed by atoms with Crippen molar-refractivity contribution >= 4 is 39.1 Å². The van der Waals surface area contributed by atoms with E-state index in [2.05, 4.69) is 5.32 Å². The molecule has 0 unspecified atom stereocenters. The van der Waals surface area contributed by atoms with Gasteiger partial charge in [-0.2, -0.15) is 0 Å². The molecule has 1 heterocycles. The van der Waals surface area contributed by atoms with E-state index in [1.165, 1.54) is 10.4 Å². The third-order valence-electron chi connectivity index (χ3n) is 4.91. The van der Waals surface area contributed by atoms with Crippen molar-refractivity contribution in [3.63, 3.8) is 0 Å². The SMILES string of the molecule is O=C(NCCOc1ccccc1)[C@H]1CCCN(S(=O)(=O)Cc2ccc(Cl)cc2Cl)C1. The summed E-state index contributed by atoms with van der Waals surface area (Å²) in [6, 6.07) is 14.1. The summed E-state index contributed by atoms with van der Waals surface area (Å²) < 4.78 is 32.7. The summed E-state index contributed by atoms with van der Waals surface area (Å²) in [7, 11) is -3.60. The maximum Gasteiger partial charge on any atom is 0.224 e. The molecule has 1 amide bonds. The molecule has 1 fully saturated rings. The summed E-state index contributed by atoms with van der Waals surface area (Å²) in [5.41, 5.74) is 0.491. The number of halogens is 2. The van der Waals surface area contributed by atoms with Crippen LogP contribution in [0.25, 0.3) is 0 Å². The Bertz CT molecular complexity index is 970. The molecule has 0 radical (unpaired) electrons. The predicted octanol–water partition coefficient (Wildman–Crippen LogP) is 3.73. The third-order valence-corrected chi connectivity index (χ3v) is 7.30. The Morgan fingerprint density at radius 3 is 2.67 bits per heavy atom. The summed E-state index contributed by atoms with van der Waals surface area (Å²) >= 11 is 12.0. The fourth-order valence-electron chi connectivity index (χ4n) is 3.34. The number of hydrogen-bond acceptors (Lipinski definition) is 4. The van der Waals surface area contributed by atoms with Gasteiger partial charge in [0.25, 0.3) is 0 Å². The highest BCUT2D eigenvalue weighted by molar-refractivity contribution is 7.88. The van der Waals surface area contributed by atoms with Gasteiger partial charge in [-0.25, -0.2) is 12.7 Å². The smallest absolute Gasteiger partial charge is 0.224 e. The fraction of sp³-hybridized carbons (Fsp3) is 0.381. The van der Waals surface area contributed by atoms with Gasteiger partial charge in [-0.1, -0.05) is 47.5 Å². The lowest BCUT2D eigenvalue weighted by molar-refractivity contribution is -0.126. The van der Waals surface area contributed by atoms with Crippen molar-refractivity contribution in [3.8, 4) is 5.75 Å².